The van der Waals surface area contributed by atoms with Crippen molar-refractivity contribution in [2.24, 2.45) is 23.7 Å². The van der Waals surface area contributed by atoms with E-state index in [4.69, 9.17) is 23.7 Å². The van der Waals surface area contributed by atoms with Crippen LogP contribution in [-0.4, -0.2) is 102 Å². The number of esters is 1. The average molecular weight is 637 g/mol. The van der Waals surface area contributed by atoms with Gasteiger partial charge in [0.15, 0.2) is 11.9 Å². The predicted octanol–water partition coefficient (Wildman–Crippen LogP) is 3.14. The average Bonchev–Trinajstić information content (AvgIpc) is 3.31. The first kappa shape index (κ1) is 35.3. The highest BCUT2D eigenvalue weighted by molar-refractivity contribution is 5.99. The van der Waals surface area contributed by atoms with Crippen molar-refractivity contribution in [3.8, 4) is 0 Å². The van der Waals surface area contributed by atoms with E-state index < -0.39 is 71.5 Å². The topological polar surface area (TPSA) is 150 Å². The summed E-state index contributed by atoms with van der Waals surface area (Å²) in [5, 5.41) is 13.7. The van der Waals surface area contributed by atoms with Crippen LogP contribution in [0.4, 0.5) is 4.79 Å². The molecule has 2 N–H and O–H groups in total. The highest BCUT2D eigenvalue weighted by atomic mass is 16.6. The van der Waals surface area contributed by atoms with Gasteiger partial charge in [-0.1, -0.05) is 27.7 Å². The van der Waals surface area contributed by atoms with Crippen molar-refractivity contribution >= 4 is 23.6 Å². The molecule has 254 valence electrons. The number of carbonyl (C=O) groups is 4. The number of Topliss-reactive ketones (excluding diaryl/α,β-unsaturated/α-hetero) is 2. The molecule has 0 aliphatic carbocycles. The lowest BCUT2D eigenvalue weighted by Gasteiger charge is -2.45. The Morgan fingerprint density at radius 1 is 1.09 bits per heavy atom. The lowest BCUT2D eigenvalue weighted by molar-refractivity contribution is -0.256. The number of aliphatic hydroxyl groups excluding tert-OH is 1. The second-order valence-electron chi connectivity index (χ2n) is 13.8. The van der Waals surface area contributed by atoms with Crippen molar-refractivity contribution in [2.75, 3.05) is 20.2 Å². The van der Waals surface area contributed by atoms with Crippen LogP contribution < -0.4 is 5.32 Å². The molecule has 0 saturated carbocycles. The van der Waals surface area contributed by atoms with Gasteiger partial charge in [0.1, 0.15) is 35.3 Å². The number of fused-ring (bicyclic) bond motifs is 3. The second kappa shape index (κ2) is 14.1. The molecule has 4 aliphatic rings. The van der Waals surface area contributed by atoms with Crippen LogP contribution in [0.15, 0.2) is 12.3 Å². The van der Waals surface area contributed by atoms with Crippen LogP contribution in [0.3, 0.4) is 0 Å². The summed E-state index contributed by atoms with van der Waals surface area (Å²) in [6, 6.07) is -0.907. The third-order valence-corrected chi connectivity index (χ3v) is 10.2. The normalized spacial score (nSPS) is 42.7. The van der Waals surface area contributed by atoms with E-state index in [1.165, 1.54) is 13.2 Å². The van der Waals surface area contributed by atoms with Gasteiger partial charge in [0.2, 0.25) is 0 Å². The summed E-state index contributed by atoms with van der Waals surface area (Å²) in [5.74, 6) is -4.26. The van der Waals surface area contributed by atoms with Gasteiger partial charge < -0.3 is 39.0 Å². The molecule has 4 heterocycles. The SMILES string of the molecule is CCCN(C)[C@H]1C[C@@H](C)O[C@@H](O)[C@@H]1OC[C@@]12C[C@@H](C)C(=O)[C@@H](C)C(=O)O[C@H](CC)[C@@]3(C)OC(=O)N[C@@H]3[C@@H](C)C(=O)[C@H](C=CO1)C2. The summed E-state index contributed by atoms with van der Waals surface area (Å²) in [6.45, 7) is 13.2. The lowest BCUT2D eigenvalue weighted by Crippen LogP contribution is -2.58. The summed E-state index contributed by atoms with van der Waals surface area (Å²) in [7, 11) is 1.99. The van der Waals surface area contributed by atoms with E-state index in [-0.39, 0.29) is 43.2 Å². The van der Waals surface area contributed by atoms with E-state index in [0.29, 0.717) is 12.8 Å². The molecule has 0 unspecified atom stereocenters. The van der Waals surface area contributed by atoms with E-state index in [2.05, 4.69) is 17.1 Å². The van der Waals surface area contributed by atoms with Crippen molar-refractivity contribution in [3.63, 3.8) is 0 Å². The maximum absolute atomic E-state index is 14.1. The van der Waals surface area contributed by atoms with Crippen LogP contribution in [-0.2, 0) is 38.1 Å². The van der Waals surface area contributed by atoms with Crippen LogP contribution >= 0.6 is 0 Å². The fourth-order valence-corrected chi connectivity index (χ4v) is 7.70. The zero-order chi connectivity index (χ0) is 33.3. The summed E-state index contributed by atoms with van der Waals surface area (Å²) < 4.78 is 30.0. The summed E-state index contributed by atoms with van der Waals surface area (Å²) in [5.41, 5.74) is -2.46. The van der Waals surface area contributed by atoms with Crippen LogP contribution in [0, 0.1) is 23.7 Å². The number of nitrogens with one attached hydrogen (secondary N) is 1. The fourth-order valence-electron chi connectivity index (χ4n) is 7.70. The highest BCUT2D eigenvalue weighted by Crippen LogP contribution is 2.41. The monoisotopic (exact) mass is 636 g/mol. The van der Waals surface area contributed by atoms with E-state index in [9.17, 15) is 24.3 Å². The minimum atomic E-state index is -1.34. The smallest absolute Gasteiger partial charge is 0.408 e. The van der Waals surface area contributed by atoms with Gasteiger partial charge in [0, 0.05) is 30.2 Å². The molecule has 45 heavy (non-hydrogen) atoms. The molecule has 12 nitrogen and oxygen atoms in total. The van der Waals surface area contributed by atoms with Gasteiger partial charge in [-0.15, -0.1) is 0 Å². The summed E-state index contributed by atoms with van der Waals surface area (Å²) in [4.78, 5) is 55.8. The maximum atomic E-state index is 14.1. The van der Waals surface area contributed by atoms with Crippen molar-refractivity contribution in [3.05, 3.63) is 12.3 Å². The number of carbonyl (C=O) groups excluding carboxylic acids is 4. The zero-order valence-corrected chi connectivity index (χ0v) is 27.9. The standard InChI is InChI=1S/C33H52N2O10/c1-9-12-35(8)23-14-19(4)43-30(39)27(23)41-17-33-15-18(3)25(36)21(6)29(38)44-24(10-2)32(7)28(34-31(40)45-32)20(5)26(37)22(16-33)11-13-42-33/h11,13,18-24,27-28,30,39H,9-10,12,14-17H2,1-8H3,(H,34,40)/t18-,19-,20+,21-,22-,23+,24-,27-,28-,30-,32-,33+/m1/s1. The number of nitrogens with zero attached hydrogens (tertiary/aromatic N) is 1. The molecule has 0 radical (unpaired) electrons. The first-order chi connectivity index (χ1) is 21.2. The lowest BCUT2D eigenvalue weighted by atomic mass is 9.73. The van der Waals surface area contributed by atoms with E-state index in [1.807, 2.05) is 14.0 Å². The Bertz CT molecular complexity index is 1150. The number of cyclic esters (lactones) is 1. The quantitative estimate of drug-likeness (QED) is 0.313. The third-order valence-electron chi connectivity index (χ3n) is 10.2. The number of ether oxygens (including phenoxy) is 5. The van der Waals surface area contributed by atoms with E-state index >= 15 is 0 Å². The Hall–Kier alpha value is -2.54. The molecule has 4 rings (SSSR count). The number of likely N-dealkylation sites (N-methyl/N-ethyl adjacent to an activating group) is 1. The van der Waals surface area contributed by atoms with Gasteiger partial charge in [-0.2, -0.15) is 0 Å². The van der Waals surface area contributed by atoms with E-state index in [1.54, 1.807) is 33.8 Å². The van der Waals surface area contributed by atoms with Gasteiger partial charge >= 0.3 is 12.1 Å². The summed E-state index contributed by atoms with van der Waals surface area (Å²) >= 11 is 0. The minimum Gasteiger partial charge on any atom is -0.493 e. The zero-order valence-electron chi connectivity index (χ0n) is 27.9. The molecule has 12 heteroatoms. The molecular weight excluding hydrogens is 584 g/mol. The second-order valence-corrected chi connectivity index (χ2v) is 13.8. The number of ketones is 2. The highest BCUT2D eigenvalue weighted by Gasteiger charge is 2.57. The Morgan fingerprint density at radius 3 is 2.47 bits per heavy atom. The molecular formula is C33H52N2O10. The molecule has 0 aromatic heterocycles. The van der Waals surface area contributed by atoms with Gasteiger partial charge in [-0.05, 0) is 66.1 Å². The number of hydrogen-bond donors (Lipinski definition) is 2. The molecule has 12 atom stereocenters. The van der Waals surface area contributed by atoms with E-state index in [0.717, 1.165) is 13.0 Å². The Kier molecular flexibility index (Phi) is 11.0. The first-order valence-corrected chi connectivity index (χ1v) is 16.4. The largest absolute Gasteiger partial charge is 0.493 e. The molecule has 0 spiro atoms. The van der Waals surface area contributed by atoms with Crippen LogP contribution in [0.25, 0.3) is 0 Å². The predicted molar refractivity (Wildman–Crippen MR) is 163 cm³/mol. The molecule has 2 bridgehead atoms. The van der Waals surface area contributed by atoms with Gasteiger partial charge in [0.05, 0.1) is 25.0 Å². The number of amides is 1. The fraction of sp³-hybridized carbons (Fsp3) is 0.818. The number of alkyl carbamates (subject to hydrolysis) is 1. The van der Waals surface area contributed by atoms with Crippen molar-refractivity contribution < 1.29 is 48.0 Å². The Labute approximate surface area is 266 Å². The molecule has 0 aromatic carbocycles. The Balaban J connectivity index is 1.69. The molecule has 4 aliphatic heterocycles. The molecule has 0 aromatic rings. The van der Waals surface area contributed by atoms with Crippen LogP contribution in [0.1, 0.15) is 80.6 Å². The molecule has 3 saturated heterocycles. The van der Waals surface area contributed by atoms with Gasteiger partial charge in [0.25, 0.3) is 0 Å². The number of aliphatic hydroxyl groups is 1. The van der Waals surface area contributed by atoms with Gasteiger partial charge in [-0.3, -0.25) is 14.4 Å². The van der Waals surface area contributed by atoms with Crippen LogP contribution in [0.5, 0.6) is 0 Å². The number of rotatable bonds is 7. The van der Waals surface area contributed by atoms with Crippen molar-refractivity contribution in [2.45, 2.75) is 128 Å². The van der Waals surface area contributed by atoms with Gasteiger partial charge in [-0.25, -0.2) is 4.79 Å². The van der Waals surface area contributed by atoms with Crippen molar-refractivity contribution in [1.82, 2.24) is 10.2 Å². The summed E-state index contributed by atoms with van der Waals surface area (Å²) in [6.07, 6.45) is 1.84. The molecule has 3 fully saturated rings. The molecule has 1 amide bonds. The van der Waals surface area contributed by atoms with Crippen molar-refractivity contribution in [1.29, 1.82) is 0 Å². The maximum Gasteiger partial charge on any atom is 0.408 e. The number of allylic oxidation sites excluding steroid dienone is 1. The van der Waals surface area contributed by atoms with Crippen LogP contribution in [0.2, 0.25) is 0 Å². The number of hydrogen-bond acceptors (Lipinski definition) is 11. The first-order valence-electron chi connectivity index (χ1n) is 16.4. The minimum absolute atomic E-state index is 0.0270. The third kappa shape index (κ3) is 7.24. The Morgan fingerprint density at radius 2 is 1.80 bits per heavy atom.